The van der Waals surface area contributed by atoms with Crippen LogP contribution in [-0.2, 0) is 0 Å². The summed E-state index contributed by atoms with van der Waals surface area (Å²) in [6.07, 6.45) is 5.21. The summed E-state index contributed by atoms with van der Waals surface area (Å²) in [5.74, 6) is 0.634. The Bertz CT molecular complexity index is 284. The first-order chi connectivity index (χ1) is 6.38. The maximum absolute atomic E-state index is 4.17. The SMILES string of the molecule is C=C1CCCC[C@@H]1c1ccccc1. The average Bonchev–Trinajstić information content (AvgIpc) is 2.20. The van der Waals surface area contributed by atoms with Gasteiger partial charge in [-0.15, -0.1) is 0 Å². The molecule has 0 aliphatic heterocycles. The summed E-state index contributed by atoms with van der Waals surface area (Å²) in [6, 6.07) is 10.8. The molecular weight excluding hydrogens is 156 g/mol. The van der Waals surface area contributed by atoms with Crippen LogP contribution in [0.4, 0.5) is 0 Å². The van der Waals surface area contributed by atoms with Gasteiger partial charge in [0.1, 0.15) is 0 Å². The van der Waals surface area contributed by atoms with E-state index < -0.39 is 0 Å². The highest BCUT2D eigenvalue weighted by Gasteiger charge is 2.18. The van der Waals surface area contributed by atoms with Gasteiger partial charge < -0.3 is 0 Å². The van der Waals surface area contributed by atoms with Crippen LogP contribution in [0.15, 0.2) is 42.5 Å². The minimum atomic E-state index is 0.634. The molecule has 1 aliphatic carbocycles. The molecule has 0 radical (unpaired) electrons. The molecule has 1 fully saturated rings. The summed E-state index contributed by atoms with van der Waals surface area (Å²) in [5.41, 5.74) is 2.88. The molecule has 0 heterocycles. The third-order valence-corrected chi connectivity index (χ3v) is 2.94. The molecule has 0 spiro atoms. The van der Waals surface area contributed by atoms with Crippen LogP contribution in [-0.4, -0.2) is 0 Å². The molecule has 1 aromatic carbocycles. The van der Waals surface area contributed by atoms with Crippen LogP contribution in [0, 0.1) is 0 Å². The van der Waals surface area contributed by atoms with Crippen molar-refractivity contribution >= 4 is 0 Å². The van der Waals surface area contributed by atoms with Gasteiger partial charge in [0, 0.05) is 5.92 Å². The number of benzene rings is 1. The van der Waals surface area contributed by atoms with Gasteiger partial charge in [-0.05, 0) is 24.8 Å². The minimum Gasteiger partial charge on any atom is -0.0992 e. The molecule has 0 nitrogen and oxygen atoms in total. The summed E-state index contributed by atoms with van der Waals surface area (Å²) in [5, 5.41) is 0. The number of hydrogen-bond donors (Lipinski definition) is 0. The molecule has 68 valence electrons. The van der Waals surface area contributed by atoms with Crippen LogP contribution in [0.1, 0.15) is 37.2 Å². The maximum Gasteiger partial charge on any atom is 0.00454 e. The Morgan fingerprint density at radius 3 is 2.54 bits per heavy atom. The van der Waals surface area contributed by atoms with E-state index in [1.807, 2.05) is 0 Å². The van der Waals surface area contributed by atoms with E-state index in [1.54, 1.807) is 0 Å². The van der Waals surface area contributed by atoms with Crippen LogP contribution in [0.25, 0.3) is 0 Å². The van der Waals surface area contributed by atoms with E-state index in [9.17, 15) is 0 Å². The van der Waals surface area contributed by atoms with Crippen molar-refractivity contribution in [1.82, 2.24) is 0 Å². The molecule has 1 atom stereocenters. The van der Waals surface area contributed by atoms with Crippen LogP contribution in [0.2, 0.25) is 0 Å². The van der Waals surface area contributed by atoms with Gasteiger partial charge in [-0.3, -0.25) is 0 Å². The first-order valence-corrected chi connectivity index (χ1v) is 5.10. The van der Waals surface area contributed by atoms with E-state index in [4.69, 9.17) is 0 Å². The minimum absolute atomic E-state index is 0.634. The molecule has 0 aromatic heterocycles. The molecule has 0 heteroatoms. The average molecular weight is 172 g/mol. The van der Waals surface area contributed by atoms with Crippen molar-refractivity contribution in [2.24, 2.45) is 0 Å². The molecule has 0 unspecified atom stereocenters. The second kappa shape index (κ2) is 3.78. The summed E-state index contributed by atoms with van der Waals surface area (Å²) < 4.78 is 0. The van der Waals surface area contributed by atoms with Crippen LogP contribution in [0.3, 0.4) is 0 Å². The number of rotatable bonds is 1. The van der Waals surface area contributed by atoms with E-state index >= 15 is 0 Å². The van der Waals surface area contributed by atoms with E-state index in [1.165, 1.54) is 36.8 Å². The van der Waals surface area contributed by atoms with Crippen molar-refractivity contribution in [1.29, 1.82) is 0 Å². The second-order valence-corrected chi connectivity index (χ2v) is 3.87. The Labute approximate surface area is 80.3 Å². The fraction of sp³-hybridized carbons (Fsp3) is 0.385. The van der Waals surface area contributed by atoms with Gasteiger partial charge in [0.05, 0.1) is 0 Å². The van der Waals surface area contributed by atoms with Crippen molar-refractivity contribution in [3.05, 3.63) is 48.0 Å². The number of allylic oxidation sites excluding steroid dienone is 1. The van der Waals surface area contributed by atoms with Gasteiger partial charge in [-0.1, -0.05) is 48.9 Å². The maximum atomic E-state index is 4.17. The molecule has 0 bridgehead atoms. The molecule has 13 heavy (non-hydrogen) atoms. The topological polar surface area (TPSA) is 0 Å². The van der Waals surface area contributed by atoms with E-state index in [0.717, 1.165) is 0 Å². The Hall–Kier alpha value is -1.04. The first kappa shape index (κ1) is 8.55. The zero-order valence-electron chi connectivity index (χ0n) is 8.00. The first-order valence-electron chi connectivity index (χ1n) is 5.10. The lowest BCUT2D eigenvalue weighted by molar-refractivity contribution is 0.542. The Kier molecular flexibility index (Phi) is 2.49. The van der Waals surface area contributed by atoms with Crippen LogP contribution < -0.4 is 0 Å². The molecular formula is C13H16. The lowest BCUT2D eigenvalue weighted by atomic mass is 9.81. The molecule has 0 amide bonds. The van der Waals surface area contributed by atoms with Gasteiger partial charge >= 0.3 is 0 Å². The lowest BCUT2D eigenvalue weighted by Crippen LogP contribution is -2.06. The Balaban J connectivity index is 2.20. The van der Waals surface area contributed by atoms with Crippen molar-refractivity contribution in [3.8, 4) is 0 Å². The van der Waals surface area contributed by atoms with Crippen molar-refractivity contribution in [3.63, 3.8) is 0 Å². The third-order valence-electron chi connectivity index (χ3n) is 2.94. The van der Waals surface area contributed by atoms with Gasteiger partial charge in [0.2, 0.25) is 0 Å². The smallest absolute Gasteiger partial charge is 0.00454 e. The van der Waals surface area contributed by atoms with Crippen LogP contribution >= 0.6 is 0 Å². The monoisotopic (exact) mass is 172 g/mol. The fourth-order valence-electron chi connectivity index (χ4n) is 2.17. The molecule has 1 aromatic rings. The molecule has 0 saturated heterocycles. The van der Waals surface area contributed by atoms with Gasteiger partial charge in [-0.25, -0.2) is 0 Å². The molecule has 1 saturated carbocycles. The predicted molar refractivity (Wildman–Crippen MR) is 56.8 cm³/mol. The van der Waals surface area contributed by atoms with E-state index in [0.29, 0.717) is 5.92 Å². The highest BCUT2D eigenvalue weighted by atomic mass is 14.2. The predicted octanol–water partition coefficient (Wildman–Crippen LogP) is 3.90. The van der Waals surface area contributed by atoms with Gasteiger partial charge in [-0.2, -0.15) is 0 Å². The number of hydrogen-bond acceptors (Lipinski definition) is 0. The normalized spacial score (nSPS) is 23.1. The summed E-state index contributed by atoms with van der Waals surface area (Å²) >= 11 is 0. The van der Waals surface area contributed by atoms with Gasteiger partial charge in [0.25, 0.3) is 0 Å². The van der Waals surface area contributed by atoms with Crippen LogP contribution in [0.5, 0.6) is 0 Å². The molecule has 0 N–H and O–H groups in total. The Morgan fingerprint density at radius 2 is 1.85 bits per heavy atom. The largest absolute Gasteiger partial charge is 0.0992 e. The standard InChI is InChI=1S/C13H16/c1-11-7-5-6-10-13(11)12-8-3-2-4-9-12/h2-4,8-9,13H,1,5-7,10H2/t13-/m0/s1. The van der Waals surface area contributed by atoms with Crippen molar-refractivity contribution in [2.45, 2.75) is 31.6 Å². The molecule has 1 aliphatic rings. The van der Waals surface area contributed by atoms with Crippen molar-refractivity contribution in [2.75, 3.05) is 0 Å². The second-order valence-electron chi connectivity index (χ2n) is 3.87. The zero-order chi connectivity index (χ0) is 9.10. The third kappa shape index (κ3) is 1.82. The van der Waals surface area contributed by atoms with E-state index in [-0.39, 0.29) is 0 Å². The lowest BCUT2D eigenvalue weighted by Gasteiger charge is -2.24. The Morgan fingerprint density at radius 1 is 1.08 bits per heavy atom. The summed E-state index contributed by atoms with van der Waals surface area (Å²) in [6.45, 7) is 4.17. The fourth-order valence-corrected chi connectivity index (χ4v) is 2.17. The summed E-state index contributed by atoms with van der Waals surface area (Å²) in [7, 11) is 0. The highest BCUT2D eigenvalue weighted by molar-refractivity contribution is 5.28. The zero-order valence-corrected chi connectivity index (χ0v) is 8.00. The van der Waals surface area contributed by atoms with Crippen molar-refractivity contribution < 1.29 is 0 Å². The quantitative estimate of drug-likeness (QED) is 0.563. The molecule has 2 rings (SSSR count). The van der Waals surface area contributed by atoms with Gasteiger partial charge in [0.15, 0.2) is 0 Å². The van der Waals surface area contributed by atoms with E-state index in [2.05, 4.69) is 36.9 Å². The highest BCUT2D eigenvalue weighted by Crippen LogP contribution is 2.35. The summed E-state index contributed by atoms with van der Waals surface area (Å²) in [4.78, 5) is 0.